The minimum Gasteiger partial charge on any atom is -0.481 e. The highest BCUT2D eigenvalue weighted by Crippen LogP contribution is 2.24. The van der Waals surface area contributed by atoms with E-state index in [1.54, 1.807) is 12.2 Å². The largest absolute Gasteiger partial charge is 0.481 e. The fraction of sp³-hybridized carbons (Fsp3) is 0.273. The molecule has 1 aromatic rings. The summed E-state index contributed by atoms with van der Waals surface area (Å²) in [7, 11) is 0. The Morgan fingerprint density at radius 2 is 2.26 bits per heavy atom. The van der Waals surface area contributed by atoms with Crippen molar-refractivity contribution in [2.24, 2.45) is 5.92 Å². The molecular weight excluding hydrogens is 252 g/mol. The lowest BCUT2D eigenvalue weighted by atomic mass is 10.1. The zero-order valence-corrected chi connectivity index (χ0v) is 9.81. The van der Waals surface area contributed by atoms with Crippen molar-refractivity contribution in [1.29, 1.82) is 0 Å². The Hall–Kier alpha value is -2.64. The number of nitrogens with zero attached hydrogens (tertiary/aromatic N) is 2. The molecule has 8 nitrogen and oxygen atoms in total. The number of rotatable bonds is 4. The van der Waals surface area contributed by atoms with Gasteiger partial charge in [0.25, 0.3) is 0 Å². The Bertz CT molecular complexity index is 558. The number of nitrogens with one attached hydrogen (secondary N) is 1. The van der Waals surface area contributed by atoms with E-state index in [4.69, 9.17) is 10.8 Å². The van der Waals surface area contributed by atoms with Crippen LogP contribution in [-0.4, -0.2) is 27.0 Å². The number of hydrogen-bond acceptors (Lipinski definition) is 6. The number of anilines is 2. The Labute approximate surface area is 108 Å². The molecule has 1 aliphatic carbocycles. The average Bonchev–Trinajstić information content (AvgIpc) is 2.77. The molecule has 1 aromatic heterocycles. The lowest BCUT2D eigenvalue weighted by Gasteiger charge is -2.12. The van der Waals surface area contributed by atoms with Crippen molar-refractivity contribution in [2.45, 2.75) is 12.5 Å². The number of nitrogen functional groups attached to an aromatic ring is 1. The number of pyridine rings is 1. The molecule has 1 heterocycles. The first kappa shape index (κ1) is 12.8. The van der Waals surface area contributed by atoms with Crippen LogP contribution >= 0.6 is 0 Å². The monoisotopic (exact) mass is 264 g/mol. The molecule has 0 amide bonds. The molecule has 0 spiro atoms. The third-order valence-electron chi connectivity index (χ3n) is 2.83. The number of aliphatic carboxylic acids is 1. The number of aromatic nitrogens is 1. The molecule has 8 heteroatoms. The Kier molecular flexibility index (Phi) is 3.32. The van der Waals surface area contributed by atoms with Crippen molar-refractivity contribution in [3.8, 4) is 0 Å². The van der Waals surface area contributed by atoms with E-state index in [0.717, 1.165) is 0 Å². The van der Waals surface area contributed by atoms with Crippen LogP contribution < -0.4 is 11.1 Å². The van der Waals surface area contributed by atoms with Crippen LogP contribution in [0, 0.1) is 16.0 Å². The van der Waals surface area contributed by atoms with Gasteiger partial charge in [-0.2, -0.15) is 0 Å². The standard InChI is InChI=1S/C11H12N4O4/c12-10-8(15(18)19)3-4-9(14-10)13-7-2-1-6(5-7)11(16)17/h1-4,6-7H,5H2,(H,16,17)(H3,12,13,14). The van der Waals surface area contributed by atoms with Crippen molar-refractivity contribution in [1.82, 2.24) is 4.98 Å². The van der Waals surface area contributed by atoms with Gasteiger partial charge in [0.2, 0.25) is 5.82 Å². The Morgan fingerprint density at radius 3 is 2.79 bits per heavy atom. The first-order valence-corrected chi connectivity index (χ1v) is 5.56. The summed E-state index contributed by atoms with van der Waals surface area (Å²) >= 11 is 0. The molecule has 2 unspecified atom stereocenters. The first-order valence-electron chi connectivity index (χ1n) is 5.56. The van der Waals surface area contributed by atoms with E-state index < -0.39 is 16.8 Å². The van der Waals surface area contributed by atoms with Crippen LogP contribution in [0.1, 0.15) is 6.42 Å². The Morgan fingerprint density at radius 1 is 1.53 bits per heavy atom. The van der Waals surface area contributed by atoms with E-state index in [1.165, 1.54) is 12.1 Å². The molecule has 0 saturated carbocycles. The van der Waals surface area contributed by atoms with Gasteiger partial charge >= 0.3 is 11.7 Å². The molecule has 4 N–H and O–H groups in total. The van der Waals surface area contributed by atoms with Crippen LogP contribution in [0.2, 0.25) is 0 Å². The summed E-state index contributed by atoms with van der Waals surface area (Å²) in [5.74, 6) is -1.19. The molecule has 2 atom stereocenters. The molecule has 19 heavy (non-hydrogen) atoms. The van der Waals surface area contributed by atoms with Gasteiger partial charge in [0.15, 0.2) is 0 Å². The number of carboxylic acids is 1. The fourth-order valence-corrected chi connectivity index (χ4v) is 1.88. The minimum atomic E-state index is -0.878. The van der Waals surface area contributed by atoms with Crippen LogP contribution in [0.4, 0.5) is 17.3 Å². The Balaban J connectivity index is 2.05. The zero-order valence-electron chi connectivity index (χ0n) is 9.81. The van der Waals surface area contributed by atoms with E-state index in [1.807, 2.05) is 0 Å². The number of nitrogens with two attached hydrogens (primary N) is 1. The highest BCUT2D eigenvalue weighted by Gasteiger charge is 2.24. The van der Waals surface area contributed by atoms with Crippen molar-refractivity contribution in [2.75, 3.05) is 11.1 Å². The SMILES string of the molecule is Nc1nc(NC2C=CC(C(=O)O)C2)ccc1[N+](=O)[O-]. The zero-order chi connectivity index (χ0) is 14.0. The van der Waals surface area contributed by atoms with Gasteiger partial charge in [-0.25, -0.2) is 4.98 Å². The van der Waals surface area contributed by atoms with E-state index in [-0.39, 0.29) is 17.5 Å². The average molecular weight is 264 g/mol. The van der Waals surface area contributed by atoms with Gasteiger partial charge in [0, 0.05) is 12.1 Å². The third kappa shape index (κ3) is 2.79. The summed E-state index contributed by atoms with van der Waals surface area (Å²) in [4.78, 5) is 24.6. The molecule has 0 aliphatic heterocycles. The van der Waals surface area contributed by atoms with E-state index in [2.05, 4.69) is 10.3 Å². The minimum absolute atomic E-state index is 0.172. The quantitative estimate of drug-likeness (QED) is 0.420. The predicted molar refractivity (Wildman–Crippen MR) is 67.6 cm³/mol. The lowest BCUT2D eigenvalue weighted by Crippen LogP contribution is -2.19. The summed E-state index contributed by atoms with van der Waals surface area (Å²) < 4.78 is 0. The molecular formula is C11H12N4O4. The van der Waals surface area contributed by atoms with Gasteiger partial charge in [0.05, 0.1) is 10.8 Å². The number of nitro groups is 1. The van der Waals surface area contributed by atoms with Crippen molar-refractivity contribution in [3.05, 3.63) is 34.4 Å². The van der Waals surface area contributed by atoms with Crippen LogP contribution in [0.15, 0.2) is 24.3 Å². The maximum absolute atomic E-state index is 10.8. The molecule has 2 rings (SSSR count). The number of hydrogen-bond donors (Lipinski definition) is 3. The van der Waals surface area contributed by atoms with Crippen LogP contribution in [0.5, 0.6) is 0 Å². The third-order valence-corrected chi connectivity index (χ3v) is 2.83. The number of carbonyl (C=O) groups is 1. The molecule has 0 radical (unpaired) electrons. The number of carboxylic acid groups (broad SMARTS) is 1. The van der Waals surface area contributed by atoms with Gasteiger partial charge in [-0.1, -0.05) is 12.2 Å². The molecule has 0 aromatic carbocycles. The molecule has 0 fully saturated rings. The summed E-state index contributed by atoms with van der Waals surface area (Å²) in [6.07, 6.45) is 3.75. The molecule has 0 bridgehead atoms. The second kappa shape index (κ2) is 4.92. The van der Waals surface area contributed by atoms with Gasteiger partial charge in [-0.15, -0.1) is 0 Å². The highest BCUT2D eigenvalue weighted by molar-refractivity contribution is 5.73. The van der Waals surface area contributed by atoms with E-state index in [0.29, 0.717) is 12.2 Å². The van der Waals surface area contributed by atoms with E-state index in [9.17, 15) is 14.9 Å². The summed E-state index contributed by atoms with van der Waals surface area (Å²) in [5.41, 5.74) is 5.21. The van der Waals surface area contributed by atoms with Crippen LogP contribution in [0.3, 0.4) is 0 Å². The van der Waals surface area contributed by atoms with Crippen molar-refractivity contribution in [3.63, 3.8) is 0 Å². The van der Waals surface area contributed by atoms with Crippen LogP contribution in [-0.2, 0) is 4.79 Å². The highest BCUT2D eigenvalue weighted by atomic mass is 16.6. The summed E-state index contributed by atoms with van der Waals surface area (Å²) in [6, 6.07) is 2.53. The van der Waals surface area contributed by atoms with Crippen LogP contribution in [0.25, 0.3) is 0 Å². The second-order valence-electron chi connectivity index (χ2n) is 4.17. The molecule has 1 aliphatic rings. The summed E-state index contributed by atoms with van der Waals surface area (Å²) in [5, 5.41) is 22.4. The first-order chi connectivity index (χ1) is 8.97. The normalized spacial score (nSPS) is 21.3. The smallest absolute Gasteiger partial charge is 0.311 e. The van der Waals surface area contributed by atoms with Gasteiger partial charge in [-0.3, -0.25) is 14.9 Å². The predicted octanol–water partition coefficient (Wildman–Crippen LogP) is 1.01. The maximum atomic E-state index is 10.8. The van der Waals surface area contributed by atoms with Gasteiger partial charge in [0.1, 0.15) is 5.82 Å². The second-order valence-corrected chi connectivity index (χ2v) is 4.17. The molecule has 100 valence electrons. The maximum Gasteiger partial charge on any atom is 0.311 e. The summed E-state index contributed by atoms with van der Waals surface area (Å²) in [6.45, 7) is 0. The fourth-order valence-electron chi connectivity index (χ4n) is 1.88. The van der Waals surface area contributed by atoms with E-state index >= 15 is 0 Å². The molecule has 0 saturated heterocycles. The lowest BCUT2D eigenvalue weighted by molar-refractivity contribution is -0.384. The van der Waals surface area contributed by atoms with Crippen molar-refractivity contribution < 1.29 is 14.8 Å². The topological polar surface area (TPSA) is 131 Å². The van der Waals surface area contributed by atoms with Crippen molar-refractivity contribution >= 4 is 23.3 Å². The van der Waals surface area contributed by atoms with Gasteiger partial charge in [-0.05, 0) is 12.5 Å². The van der Waals surface area contributed by atoms with Gasteiger partial charge < -0.3 is 16.2 Å².